The van der Waals surface area contributed by atoms with Crippen LogP contribution < -0.4 is 10.6 Å². The van der Waals surface area contributed by atoms with E-state index in [0.717, 1.165) is 19.5 Å². The van der Waals surface area contributed by atoms with Crippen molar-refractivity contribution >= 4 is 28.6 Å². The highest BCUT2D eigenvalue weighted by molar-refractivity contribution is 9.09. The fourth-order valence-electron chi connectivity index (χ4n) is 2.88. The van der Waals surface area contributed by atoms with E-state index < -0.39 is 0 Å². The second-order valence-corrected chi connectivity index (χ2v) is 8.47. The van der Waals surface area contributed by atoms with Gasteiger partial charge in [-0.1, -0.05) is 79.2 Å². The zero-order valence-corrected chi connectivity index (χ0v) is 17.3. The number of nitrogens with one attached hydrogen (secondary N) is 2. The van der Waals surface area contributed by atoms with E-state index in [0.29, 0.717) is 16.7 Å². The number of rotatable bonds is 8. The lowest BCUT2D eigenvalue weighted by Crippen LogP contribution is -2.39. The number of alkyl halides is 1. The van der Waals surface area contributed by atoms with Gasteiger partial charge in [-0.2, -0.15) is 0 Å². The van der Waals surface area contributed by atoms with Crippen LogP contribution in [0.4, 0.5) is 0 Å². The van der Waals surface area contributed by atoms with Gasteiger partial charge in [0.15, 0.2) is 0 Å². The third-order valence-electron chi connectivity index (χ3n) is 4.18. The molecule has 4 heteroatoms. The van der Waals surface area contributed by atoms with Crippen LogP contribution in [-0.4, -0.2) is 16.9 Å². The van der Waals surface area contributed by atoms with Crippen LogP contribution in [0.25, 0.3) is 0 Å². The summed E-state index contributed by atoms with van der Waals surface area (Å²) in [7, 11) is 0. The van der Waals surface area contributed by atoms with Gasteiger partial charge in [0.2, 0.25) is 0 Å². The molecule has 24 heavy (non-hydrogen) atoms. The monoisotopic (exact) mass is 408 g/mol. The van der Waals surface area contributed by atoms with Crippen LogP contribution in [0.2, 0.25) is 0 Å². The normalized spacial score (nSPS) is 21.8. The van der Waals surface area contributed by atoms with Gasteiger partial charge in [-0.05, 0) is 35.0 Å². The molecule has 0 aromatic heterocycles. The van der Waals surface area contributed by atoms with Crippen molar-refractivity contribution in [3.05, 3.63) is 59.2 Å². The van der Waals surface area contributed by atoms with Crippen molar-refractivity contribution in [1.82, 2.24) is 10.6 Å². The molecule has 0 fully saturated rings. The lowest BCUT2D eigenvalue weighted by Gasteiger charge is -2.24. The Hall–Kier alpha value is -0.550. The van der Waals surface area contributed by atoms with Crippen molar-refractivity contribution in [3.63, 3.8) is 0 Å². The molecule has 0 heterocycles. The van der Waals surface area contributed by atoms with Crippen LogP contribution in [0.5, 0.6) is 0 Å². The van der Waals surface area contributed by atoms with Crippen LogP contribution in [-0.2, 0) is 13.0 Å². The highest BCUT2D eigenvalue weighted by atomic mass is 79.9. The van der Waals surface area contributed by atoms with Crippen molar-refractivity contribution in [2.45, 2.75) is 44.1 Å². The minimum atomic E-state index is -0.0273. The topological polar surface area (TPSA) is 24.1 Å². The molecule has 1 aromatic rings. The summed E-state index contributed by atoms with van der Waals surface area (Å²) in [6.07, 6.45) is 7.68. The minimum Gasteiger partial charge on any atom is -0.290 e. The fraction of sp³-hybridized carbons (Fsp3) is 0.500. The van der Waals surface area contributed by atoms with Crippen molar-refractivity contribution in [2.24, 2.45) is 11.8 Å². The molecule has 2 rings (SSSR count). The van der Waals surface area contributed by atoms with Gasteiger partial charge in [-0.25, -0.2) is 0 Å². The first-order valence-electron chi connectivity index (χ1n) is 8.69. The Kier molecular flexibility index (Phi) is 8.08. The second kappa shape index (κ2) is 9.81. The molecule has 0 spiro atoms. The van der Waals surface area contributed by atoms with Crippen molar-refractivity contribution in [3.8, 4) is 0 Å². The van der Waals surface area contributed by atoms with Crippen LogP contribution in [0.1, 0.15) is 31.9 Å². The minimum absolute atomic E-state index is 0.0273. The van der Waals surface area contributed by atoms with Gasteiger partial charge in [-0.3, -0.25) is 10.6 Å². The van der Waals surface area contributed by atoms with Crippen LogP contribution in [0.15, 0.2) is 48.1 Å². The van der Waals surface area contributed by atoms with E-state index in [1.54, 1.807) is 0 Å². The third-order valence-corrected chi connectivity index (χ3v) is 5.96. The summed E-state index contributed by atoms with van der Waals surface area (Å²) in [6, 6.07) is 8.81. The summed E-state index contributed by atoms with van der Waals surface area (Å²) in [4.78, 5) is 0.406. The van der Waals surface area contributed by atoms with Gasteiger partial charge in [0.1, 0.15) is 5.50 Å². The Balaban J connectivity index is 1.78. The van der Waals surface area contributed by atoms with Crippen LogP contribution in [0.3, 0.4) is 0 Å². The Morgan fingerprint density at radius 1 is 1.17 bits per heavy atom. The number of benzene rings is 1. The average Bonchev–Trinajstić information content (AvgIpc) is 2.54. The molecule has 1 aromatic carbocycles. The van der Waals surface area contributed by atoms with E-state index in [4.69, 9.17) is 0 Å². The van der Waals surface area contributed by atoms with Gasteiger partial charge in [-0.15, -0.1) is 12.6 Å². The van der Waals surface area contributed by atoms with Crippen LogP contribution >= 0.6 is 28.6 Å². The smallest absolute Gasteiger partial charge is 0.103 e. The number of hydrogen-bond donors (Lipinski definition) is 3. The molecule has 0 radical (unpaired) electrons. The number of hydrogen-bond acceptors (Lipinski definition) is 3. The van der Waals surface area contributed by atoms with E-state index in [-0.39, 0.29) is 5.50 Å². The summed E-state index contributed by atoms with van der Waals surface area (Å²) in [5.74, 6) is 1.21. The first kappa shape index (κ1) is 19.8. The maximum Gasteiger partial charge on any atom is 0.103 e. The molecule has 0 saturated carbocycles. The molecule has 1 aliphatic rings. The zero-order valence-electron chi connectivity index (χ0n) is 14.8. The van der Waals surface area contributed by atoms with E-state index in [1.807, 2.05) is 0 Å². The summed E-state index contributed by atoms with van der Waals surface area (Å²) in [6.45, 7) is 8.39. The summed E-state index contributed by atoms with van der Waals surface area (Å²) >= 11 is 8.38. The predicted octanol–water partition coefficient (Wildman–Crippen LogP) is 4.67. The molecular formula is C20H29BrN2S. The van der Waals surface area contributed by atoms with Gasteiger partial charge in [0.05, 0.1) is 0 Å². The van der Waals surface area contributed by atoms with Gasteiger partial charge < -0.3 is 0 Å². The molecule has 0 aliphatic heterocycles. The molecule has 0 amide bonds. The summed E-state index contributed by atoms with van der Waals surface area (Å²) in [5.41, 5.74) is 4.05. The molecule has 2 N–H and O–H groups in total. The highest BCUT2D eigenvalue weighted by Crippen LogP contribution is 2.25. The van der Waals surface area contributed by atoms with Crippen LogP contribution in [0, 0.1) is 11.8 Å². The number of allylic oxidation sites excluding steroid dienone is 3. The maximum absolute atomic E-state index is 4.61. The molecule has 0 bridgehead atoms. The van der Waals surface area contributed by atoms with Gasteiger partial charge in [0.25, 0.3) is 0 Å². The van der Waals surface area contributed by atoms with E-state index in [9.17, 15) is 0 Å². The quantitative estimate of drug-likeness (QED) is 0.330. The summed E-state index contributed by atoms with van der Waals surface area (Å²) < 4.78 is 0. The Labute approximate surface area is 160 Å². The highest BCUT2D eigenvalue weighted by Gasteiger charge is 2.18. The van der Waals surface area contributed by atoms with Gasteiger partial charge >= 0.3 is 0 Å². The first-order chi connectivity index (χ1) is 11.5. The Morgan fingerprint density at radius 3 is 2.62 bits per heavy atom. The SMILES string of the molecule is CC(C)Cc1cccc(CNC(S)NCC2=CC=CC(C)C2Br)c1. The standard InChI is InChI=1S/C20H29BrN2S/c1-14(2)10-16-7-5-8-17(11-16)12-22-20(24)23-13-18-9-4-6-15(3)19(18)21/h4-9,11,14-15,19-20,22-24H,10,12-13H2,1-3H3. The van der Waals surface area contributed by atoms with E-state index in [2.05, 4.69) is 102 Å². The molecule has 1 aliphatic carbocycles. The van der Waals surface area contributed by atoms with Crippen molar-refractivity contribution in [2.75, 3.05) is 6.54 Å². The Bertz CT molecular complexity index is 583. The first-order valence-corrected chi connectivity index (χ1v) is 10.1. The molecule has 0 saturated heterocycles. The molecule has 3 unspecified atom stereocenters. The molecule has 2 nitrogen and oxygen atoms in total. The molecule has 132 valence electrons. The number of thiol groups is 1. The van der Waals surface area contributed by atoms with Crippen molar-refractivity contribution in [1.29, 1.82) is 0 Å². The van der Waals surface area contributed by atoms with E-state index >= 15 is 0 Å². The molecular weight excluding hydrogens is 380 g/mol. The zero-order chi connectivity index (χ0) is 17.5. The maximum atomic E-state index is 4.61. The summed E-state index contributed by atoms with van der Waals surface area (Å²) in [5, 5.41) is 6.88. The lowest BCUT2D eigenvalue weighted by molar-refractivity contribution is 0.555. The number of halogens is 1. The largest absolute Gasteiger partial charge is 0.290 e. The van der Waals surface area contributed by atoms with E-state index in [1.165, 1.54) is 16.7 Å². The van der Waals surface area contributed by atoms with Crippen molar-refractivity contribution < 1.29 is 0 Å². The third kappa shape index (κ3) is 6.40. The van der Waals surface area contributed by atoms with Gasteiger partial charge in [0, 0.05) is 17.9 Å². The predicted molar refractivity (Wildman–Crippen MR) is 112 cm³/mol. The Morgan fingerprint density at radius 2 is 1.88 bits per heavy atom. The molecule has 3 atom stereocenters. The fourth-order valence-corrected chi connectivity index (χ4v) is 3.55. The lowest BCUT2D eigenvalue weighted by atomic mass is 9.96. The average molecular weight is 409 g/mol. The second-order valence-electron chi connectivity index (χ2n) is 6.97.